The Hall–Kier alpha value is -0.750. The minimum atomic E-state index is -2.77. The minimum Gasteiger partial charge on any atom is -0.380 e. The average Bonchev–Trinajstić information content (AvgIpc) is 2.48. The lowest BCUT2D eigenvalue weighted by Gasteiger charge is -2.33. The van der Waals surface area contributed by atoms with Crippen molar-refractivity contribution in [1.82, 2.24) is 10.2 Å². The maximum atomic E-state index is 13.4. The number of amides is 1. The molecule has 0 aromatic heterocycles. The van der Waals surface area contributed by atoms with Gasteiger partial charge in [0.05, 0.1) is 25.1 Å². The van der Waals surface area contributed by atoms with Crippen LogP contribution in [0.5, 0.6) is 0 Å². The van der Waals surface area contributed by atoms with Crippen LogP contribution in [0.4, 0.5) is 8.78 Å². The van der Waals surface area contributed by atoms with Crippen LogP contribution in [0.2, 0.25) is 0 Å². The zero-order valence-electron chi connectivity index (χ0n) is 9.92. The Labute approximate surface area is 99.3 Å². The van der Waals surface area contributed by atoms with Crippen molar-refractivity contribution < 1.29 is 18.3 Å². The maximum absolute atomic E-state index is 13.4. The van der Waals surface area contributed by atoms with Crippen LogP contribution >= 0.6 is 0 Å². The normalized spacial score (nSPS) is 28.2. The first-order valence-corrected chi connectivity index (χ1v) is 6.00. The van der Waals surface area contributed by atoms with Gasteiger partial charge in [-0.05, 0) is 6.92 Å². The number of alkyl halides is 2. The first-order chi connectivity index (χ1) is 8.03. The summed E-state index contributed by atoms with van der Waals surface area (Å²) < 4.78 is 31.9. The van der Waals surface area contributed by atoms with Crippen LogP contribution < -0.4 is 5.32 Å². The molecule has 2 fully saturated rings. The predicted molar refractivity (Wildman–Crippen MR) is 57.9 cm³/mol. The van der Waals surface area contributed by atoms with Gasteiger partial charge in [-0.2, -0.15) is 0 Å². The average molecular weight is 248 g/mol. The van der Waals surface area contributed by atoms with Gasteiger partial charge >= 0.3 is 0 Å². The molecule has 1 N–H and O–H groups in total. The largest absolute Gasteiger partial charge is 0.380 e. The van der Waals surface area contributed by atoms with E-state index in [1.807, 2.05) is 6.92 Å². The Morgan fingerprint density at radius 2 is 2.24 bits per heavy atom. The molecular formula is C11H18F2N2O2. The maximum Gasteiger partial charge on any atom is 0.267 e. The van der Waals surface area contributed by atoms with E-state index in [1.165, 1.54) is 4.90 Å². The monoisotopic (exact) mass is 248 g/mol. The number of nitrogens with one attached hydrogen (secondary N) is 1. The van der Waals surface area contributed by atoms with Gasteiger partial charge < -0.3 is 15.0 Å². The molecule has 0 aromatic rings. The summed E-state index contributed by atoms with van der Waals surface area (Å²) in [5, 5.41) is 2.98. The highest BCUT2D eigenvalue weighted by Crippen LogP contribution is 2.33. The van der Waals surface area contributed by atoms with Crippen molar-refractivity contribution in [3.63, 3.8) is 0 Å². The van der Waals surface area contributed by atoms with Crippen molar-refractivity contribution in [2.75, 3.05) is 32.8 Å². The van der Waals surface area contributed by atoms with Crippen LogP contribution in [0.25, 0.3) is 0 Å². The van der Waals surface area contributed by atoms with Gasteiger partial charge in [0, 0.05) is 26.1 Å². The SMILES string of the molecule is CCOCC1CC(F)(F)CN1C(=O)C1CNC1. The number of rotatable bonds is 4. The standard InChI is InChI=1S/C11H18F2N2O2/c1-2-17-6-9-3-11(12,13)7-15(9)10(16)8-4-14-5-8/h8-9,14H,2-7H2,1H3. The third-order valence-electron chi connectivity index (χ3n) is 3.30. The Bertz CT molecular complexity index is 295. The molecular weight excluding hydrogens is 230 g/mol. The summed E-state index contributed by atoms with van der Waals surface area (Å²) in [6, 6.07) is -0.474. The van der Waals surface area contributed by atoms with Crippen molar-refractivity contribution in [1.29, 1.82) is 0 Å². The fraction of sp³-hybridized carbons (Fsp3) is 0.909. The van der Waals surface area contributed by atoms with Crippen LogP contribution in [0.1, 0.15) is 13.3 Å². The summed E-state index contributed by atoms with van der Waals surface area (Å²) >= 11 is 0. The molecule has 2 rings (SSSR count). The predicted octanol–water partition coefficient (Wildman–Crippen LogP) is 0.478. The molecule has 98 valence electrons. The van der Waals surface area contributed by atoms with E-state index in [4.69, 9.17) is 4.74 Å². The third-order valence-corrected chi connectivity index (χ3v) is 3.30. The van der Waals surface area contributed by atoms with Crippen molar-refractivity contribution in [2.45, 2.75) is 25.3 Å². The van der Waals surface area contributed by atoms with E-state index in [1.54, 1.807) is 0 Å². The summed E-state index contributed by atoms with van der Waals surface area (Å²) in [4.78, 5) is 13.3. The molecule has 2 aliphatic heterocycles. The number of carbonyl (C=O) groups is 1. The number of carbonyl (C=O) groups excluding carboxylic acids is 1. The molecule has 2 saturated heterocycles. The molecule has 1 atom stereocenters. The van der Waals surface area contributed by atoms with Crippen LogP contribution in [0.15, 0.2) is 0 Å². The second-order valence-corrected chi connectivity index (χ2v) is 4.69. The molecule has 0 aliphatic carbocycles. The highest BCUT2D eigenvalue weighted by Gasteiger charge is 2.48. The van der Waals surface area contributed by atoms with Gasteiger partial charge in [-0.1, -0.05) is 0 Å². The zero-order valence-corrected chi connectivity index (χ0v) is 9.92. The van der Waals surface area contributed by atoms with E-state index < -0.39 is 18.5 Å². The van der Waals surface area contributed by atoms with Crippen molar-refractivity contribution in [3.8, 4) is 0 Å². The van der Waals surface area contributed by atoms with Gasteiger partial charge in [-0.3, -0.25) is 4.79 Å². The number of nitrogens with zero attached hydrogens (tertiary/aromatic N) is 1. The molecule has 1 amide bonds. The molecule has 2 heterocycles. The summed E-state index contributed by atoms with van der Waals surface area (Å²) in [7, 11) is 0. The van der Waals surface area contributed by atoms with Gasteiger partial charge in [0.25, 0.3) is 5.92 Å². The first kappa shape index (κ1) is 12.7. The van der Waals surface area contributed by atoms with Crippen molar-refractivity contribution in [2.24, 2.45) is 5.92 Å². The molecule has 1 unspecified atom stereocenters. The highest BCUT2D eigenvalue weighted by atomic mass is 19.3. The first-order valence-electron chi connectivity index (χ1n) is 6.00. The lowest BCUT2D eigenvalue weighted by Crippen LogP contribution is -2.53. The van der Waals surface area contributed by atoms with E-state index in [0.717, 1.165) is 0 Å². The molecule has 0 radical (unpaired) electrons. The number of halogens is 2. The Balaban J connectivity index is 1.98. The van der Waals surface area contributed by atoms with Crippen LogP contribution in [-0.4, -0.2) is 55.6 Å². The van der Waals surface area contributed by atoms with E-state index >= 15 is 0 Å². The highest BCUT2D eigenvalue weighted by molar-refractivity contribution is 5.81. The zero-order chi connectivity index (χ0) is 12.5. The van der Waals surface area contributed by atoms with Crippen LogP contribution in [-0.2, 0) is 9.53 Å². The lowest BCUT2D eigenvalue weighted by molar-refractivity contribution is -0.140. The smallest absolute Gasteiger partial charge is 0.267 e. The fourth-order valence-corrected chi connectivity index (χ4v) is 2.26. The quantitative estimate of drug-likeness (QED) is 0.786. The van der Waals surface area contributed by atoms with Gasteiger partial charge in [0.2, 0.25) is 5.91 Å². The van der Waals surface area contributed by atoms with Crippen molar-refractivity contribution >= 4 is 5.91 Å². The molecule has 0 bridgehead atoms. The lowest BCUT2D eigenvalue weighted by atomic mass is 10.0. The molecule has 4 nitrogen and oxygen atoms in total. The topological polar surface area (TPSA) is 41.6 Å². The van der Waals surface area contributed by atoms with E-state index in [-0.39, 0.29) is 24.9 Å². The molecule has 6 heteroatoms. The van der Waals surface area contributed by atoms with Crippen molar-refractivity contribution in [3.05, 3.63) is 0 Å². The Kier molecular flexibility index (Phi) is 3.63. The minimum absolute atomic E-state index is 0.131. The number of hydrogen-bond donors (Lipinski definition) is 1. The Morgan fingerprint density at radius 1 is 1.53 bits per heavy atom. The number of ether oxygens (including phenoxy) is 1. The molecule has 17 heavy (non-hydrogen) atoms. The van der Waals surface area contributed by atoms with Gasteiger partial charge in [-0.25, -0.2) is 8.78 Å². The van der Waals surface area contributed by atoms with Gasteiger partial charge in [0.15, 0.2) is 0 Å². The number of likely N-dealkylation sites (tertiary alicyclic amines) is 1. The van der Waals surface area contributed by atoms with E-state index in [2.05, 4.69) is 5.32 Å². The van der Waals surface area contributed by atoms with Crippen LogP contribution in [0.3, 0.4) is 0 Å². The molecule has 0 saturated carbocycles. The summed E-state index contributed by atoms with van der Waals surface area (Å²) in [6.07, 6.45) is -0.279. The Morgan fingerprint density at radius 3 is 2.76 bits per heavy atom. The molecule has 0 spiro atoms. The number of hydrogen-bond acceptors (Lipinski definition) is 3. The second kappa shape index (κ2) is 4.86. The van der Waals surface area contributed by atoms with Gasteiger partial charge in [-0.15, -0.1) is 0 Å². The summed E-state index contributed by atoms with van der Waals surface area (Å²) in [5.74, 6) is -3.06. The molecule has 0 aromatic carbocycles. The van der Waals surface area contributed by atoms with E-state index in [9.17, 15) is 13.6 Å². The fourth-order valence-electron chi connectivity index (χ4n) is 2.26. The summed E-state index contributed by atoms with van der Waals surface area (Å²) in [6.45, 7) is 3.24. The third kappa shape index (κ3) is 2.74. The van der Waals surface area contributed by atoms with Crippen LogP contribution in [0, 0.1) is 5.92 Å². The van der Waals surface area contributed by atoms with Gasteiger partial charge in [0.1, 0.15) is 0 Å². The second-order valence-electron chi connectivity index (χ2n) is 4.69. The summed E-state index contributed by atoms with van der Waals surface area (Å²) in [5.41, 5.74) is 0. The van der Waals surface area contributed by atoms with E-state index in [0.29, 0.717) is 19.7 Å². The molecule has 2 aliphatic rings.